The summed E-state index contributed by atoms with van der Waals surface area (Å²) in [4.78, 5) is 17.1. The smallest absolute Gasteiger partial charge is 0.244 e. The summed E-state index contributed by atoms with van der Waals surface area (Å²) >= 11 is 0. The summed E-state index contributed by atoms with van der Waals surface area (Å²) in [7, 11) is 0. The Bertz CT molecular complexity index is 864. The van der Waals surface area contributed by atoms with E-state index in [2.05, 4.69) is 11.0 Å². The molecule has 5 heteroatoms. The molecular weight excluding hydrogens is 353 g/mol. The van der Waals surface area contributed by atoms with Crippen molar-refractivity contribution in [3.63, 3.8) is 0 Å². The maximum atomic E-state index is 13.1. The SMILES string of the molecule is N#Cc1ccc(N2CCC(N3CCC(Cc4ccc(F)cc4)CC3)C2=O)cc1. The predicted octanol–water partition coefficient (Wildman–Crippen LogP) is 3.76. The van der Waals surface area contributed by atoms with Gasteiger partial charge in [-0.15, -0.1) is 0 Å². The lowest BCUT2D eigenvalue weighted by atomic mass is 9.89. The van der Waals surface area contributed by atoms with Crippen LogP contribution in [0.1, 0.15) is 30.4 Å². The van der Waals surface area contributed by atoms with E-state index in [9.17, 15) is 9.18 Å². The number of hydrogen-bond donors (Lipinski definition) is 0. The average Bonchev–Trinajstić information content (AvgIpc) is 3.12. The van der Waals surface area contributed by atoms with Gasteiger partial charge in [-0.05, 0) is 86.7 Å². The van der Waals surface area contributed by atoms with Gasteiger partial charge in [-0.1, -0.05) is 12.1 Å². The lowest BCUT2D eigenvalue weighted by Crippen LogP contribution is -2.46. The molecule has 2 aliphatic rings. The van der Waals surface area contributed by atoms with Gasteiger partial charge in [-0.25, -0.2) is 4.39 Å². The number of carbonyl (C=O) groups excluding carboxylic acids is 1. The van der Waals surface area contributed by atoms with Crippen LogP contribution in [0.2, 0.25) is 0 Å². The molecule has 0 N–H and O–H groups in total. The summed E-state index contributed by atoms with van der Waals surface area (Å²) in [5.74, 6) is 0.569. The minimum absolute atomic E-state index is 0.0394. The number of hydrogen-bond acceptors (Lipinski definition) is 3. The second-order valence-corrected chi connectivity index (χ2v) is 7.76. The van der Waals surface area contributed by atoms with Crippen molar-refractivity contribution in [2.45, 2.75) is 31.7 Å². The number of nitrogens with zero attached hydrogens (tertiary/aromatic N) is 3. The average molecular weight is 377 g/mol. The number of benzene rings is 2. The minimum atomic E-state index is -0.190. The van der Waals surface area contributed by atoms with E-state index in [1.807, 2.05) is 29.2 Å². The lowest BCUT2D eigenvalue weighted by Gasteiger charge is -2.35. The van der Waals surface area contributed by atoms with Crippen LogP contribution >= 0.6 is 0 Å². The summed E-state index contributed by atoms with van der Waals surface area (Å²) in [6.45, 7) is 2.60. The second-order valence-electron chi connectivity index (χ2n) is 7.76. The fourth-order valence-electron chi connectivity index (χ4n) is 4.40. The van der Waals surface area contributed by atoms with E-state index in [0.29, 0.717) is 11.5 Å². The zero-order chi connectivity index (χ0) is 19.5. The van der Waals surface area contributed by atoms with E-state index in [4.69, 9.17) is 5.26 Å². The van der Waals surface area contributed by atoms with Crippen LogP contribution in [0.5, 0.6) is 0 Å². The van der Waals surface area contributed by atoms with Gasteiger partial charge < -0.3 is 4.90 Å². The number of carbonyl (C=O) groups is 1. The number of likely N-dealkylation sites (tertiary alicyclic amines) is 1. The number of rotatable bonds is 4. The first-order chi connectivity index (χ1) is 13.6. The Morgan fingerprint density at radius 1 is 0.964 bits per heavy atom. The van der Waals surface area contributed by atoms with Gasteiger partial charge in [-0.3, -0.25) is 9.69 Å². The molecule has 2 aromatic rings. The van der Waals surface area contributed by atoms with Gasteiger partial charge in [0.2, 0.25) is 5.91 Å². The first kappa shape index (κ1) is 18.6. The number of piperidine rings is 1. The van der Waals surface area contributed by atoms with E-state index in [1.165, 1.54) is 17.7 Å². The van der Waals surface area contributed by atoms with Crippen LogP contribution in [0, 0.1) is 23.1 Å². The van der Waals surface area contributed by atoms with Gasteiger partial charge in [0.1, 0.15) is 5.82 Å². The van der Waals surface area contributed by atoms with Crippen molar-refractivity contribution >= 4 is 11.6 Å². The van der Waals surface area contributed by atoms with Gasteiger partial charge in [0.05, 0.1) is 17.7 Å². The Labute approximate surface area is 165 Å². The molecule has 2 aliphatic heterocycles. The molecule has 2 saturated heterocycles. The van der Waals surface area contributed by atoms with Crippen LogP contribution in [0.3, 0.4) is 0 Å². The highest BCUT2D eigenvalue weighted by Gasteiger charge is 2.37. The first-order valence-electron chi connectivity index (χ1n) is 9.94. The molecule has 2 heterocycles. The van der Waals surface area contributed by atoms with E-state index >= 15 is 0 Å². The normalized spacial score (nSPS) is 21.1. The molecule has 0 radical (unpaired) electrons. The van der Waals surface area contributed by atoms with Crippen molar-refractivity contribution in [1.82, 2.24) is 4.90 Å². The summed E-state index contributed by atoms with van der Waals surface area (Å²) in [5, 5.41) is 8.93. The molecule has 0 spiro atoms. The van der Waals surface area contributed by atoms with E-state index in [1.54, 1.807) is 12.1 Å². The van der Waals surface area contributed by atoms with Crippen molar-refractivity contribution in [3.05, 3.63) is 65.5 Å². The van der Waals surface area contributed by atoms with Crippen LogP contribution < -0.4 is 4.90 Å². The molecule has 0 bridgehead atoms. The van der Waals surface area contributed by atoms with E-state index in [0.717, 1.165) is 51.0 Å². The van der Waals surface area contributed by atoms with Crippen LogP contribution in [0.25, 0.3) is 0 Å². The van der Waals surface area contributed by atoms with Crippen molar-refractivity contribution in [1.29, 1.82) is 5.26 Å². The van der Waals surface area contributed by atoms with Crippen LogP contribution in [0.4, 0.5) is 10.1 Å². The fraction of sp³-hybridized carbons (Fsp3) is 0.391. The zero-order valence-electron chi connectivity index (χ0n) is 15.9. The Morgan fingerprint density at radius 2 is 1.64 bits per heavy atom. The molecule has 1 unspecified atom stereocenters. The van der Waals surface area contributed by atoms with Crippen molar-refractivity contribution < 1.29 is 9.18 Å². The molecule has 0 aliphatic carbocycles. The quantitative estimate of drug-likeness (QED) is 0.815. The van der Waals surface area contributed by atoms with Gasteiger partial charge >= 0.3 is 0 Å². The first-order valence-corrected chi connectivity index (χ1v) is 9.94. The summed E-state index contributed by atoms with van der Waals surface area (Å²) in [6.07, 6.45) is 3.96. The Hall–Kier alpha value is -2.71. The van der Waals surface area contributed by atoms with Gasteiger partial charge in [0.15, 0.2) is 0 Å². The van der Waals surface area contributed by atoms with Crippen molar-refractivity contribution in [2.75, 3.05) is 24.5 Å². The van der Waals surface area contributed by atoms with Crippen LogP contribution in [-0.4, -0.2) is 36.5 Å². The van der Waals surface area contributed by atoms with Crippen molar-refractivity contribution in [3.8, 4) is 6.07 Å². The topological polar surface area (TPSA) is 47.3 Å². The molecule has 1 amide bonds. The van der Waals surface area contributed by atoms with Gasteiger partial charge in [0, 0.05) is 12.2 Å². The molecule has 2 aromatic carbocycles. The van der Waals surface area contributed by atoms with Crippen LogP contribution in [-0.2, 0) is 11.2 Å². The highest BCUT2D eigenvalue weighted by molar-refractivity contribution is 5.99. The largest absolute Gasteiger partial charge is 0.311 e. The Balaban J connectivity index is 1.32. The molecule has 28 heavy (non-hydrogen) atoms. The molecular formula is C23H24FN3O. The zero-order valence-corrected chi connectivity index (χ0v) is 15.9. The molecule has 0 saturated carbocycles. The van der Waals surface area contributed by atoms with Gasteiger partial charge in [-0.2, -0.15) is 5.26 Å². The van der Waals surface area contributed by atoms with E-state index < -0.39 is 0 Å². The maximum Gasteiger partial charge on any atom is 0.244 e. The minimum Gasteiger partial charge on any atom is -0.311 e. The third kappa shape index (κ3) is 3.93. The number of amides is 1. The van der Waals surface area contributed by atoms with Crippen molar-refractivity contribution in [2.24, 2.45) is 5.92 Å². The van der Waals surface area contributed by atoms with Crippen LogP contribution in [0.15, 0.2) is 48.5 Å². The number of halogens is 1. The highest BCUT2D eigenvalue weighted by atomic mass is 19.1. The highest BCUT2D eigenvalue weighted by Crippen LogP contribution is 2.29. The summed E-state index contributed by atoms with van der Waals surface area (Å²) in [5.41, 5.74) is 2.66. The standard InChI is InChI=1S/C23H24FN3O/c24-20-5-1-17(2-6-20)15-18-9-12-26(13-10-18)22-11-14-27(23(22)28)21-7-3-19(16-25)4-8-21/h1-8,18,22H,9-15H2. The molecule has 4 rings (SSSR count). The Kier molecular flexibility index (Phi) is 5.40. The maximum absolute atomic E-state index is 13.1. The summed E-state index contributed by atoms with van der Waals surface area (Å²) < 4.78 is 13.1. The van der Waals surface area contributed by atoms with E-state index in [-0.39, 0.29) is 17.8 Å². The summed E-state index contributed by atoms with van der Waals surface area (Å²) in [6, 6.07) is 16.1. The molecule has 2 fully saturated rings. The molecule has 144 valence electrons. The van der Waals surface area contributed by atoms with Gasteiger partial charge in [0.25, 0.3) is 0 Å². The lowest BCUT2D eigenvalue weighted by molar-refractivity contribution is -0.122. The predicted molar refractivity (Wildman–Crippen MR) is 106 cm³/mol. The molecule has 4 nitrogen and oxygen atoms in total. The number of anilines is 1. The Morgan fingerprint density at radius 3 is 2.29 bits per heavy atom. The molecule has 1 atom stereocenters. The monoisotopic (exact) mass is 377 g/mol. The molecule has 0 aromatic heterocycles. The third-order valence-electron chi connectivity index (χ3n) is 6.01. The fourth-order valence-corrected chi connectivity index (χ4v) is 4.40. The number of nitriles is 1. The third-order valence-corrected chi connectivity index (χ3v) is 6.01. The second kappa shape index (κ2) is 8.12.